The number of carbonyl (C=O) groups is 2. The van der Waals surface area contributed by atoms with E-state index in [1.165, 1.54) is 109 Å². The minimum Gasteiger partial charge on any atom is -0.466 e. The molecule has 0 aromatic heterocycles. The molecule has 0 rings (SSSR count). The van der Waals surface area contributed by atoms with E-state index in [0.717, 1.165) is 116 Å². The Labute approximate surface area is 342 Å². The van der Waals surface area contributed by atoms with Gasteiger partial charge in [0.2, 0.25) is 0 Å². The van der Waals surface area contributed by atoms with Crippen molar-refractivity contribution in [1.82, 2.24) is 9.80 Å². The maximum atomic E-state index is 12.8. The second-order valence-electron chi connectivity index (χ2n) is 17.5. The number of carbonyl (C=O) groups excluding carboxylic acids is 2. The van der Waals surface area contributed by atoms with Crippen LogP contribution in [0.15, 0.2) is 0 Å². The van der Waals surface area contributed by atoms with Gasteiger partial charge in [0.05, 0.1) is 13.3 Å². The van der Waals surface area contributed by atoms with Crippen molar-refractivity contribution in [1.29, 1.82) is 0 Å². The fourth-order valence-corrected chi connectivity index (χ4v) is 7.40. The molecule has 0 aromatic rings. The fraction of sp³-hybridized carbons (Fsp3) is 0.958. The van der Waals surface area contributed by atoms with Crippen molar-refractivity contribution in [3.05, 3.63) is 0 Å². The third-order valence-electron chi connectivity index (χ3n) is 11.1. The van der Waals surface area contributed by atoms with E-state index in [0.29, 0.717) is 25.9 Å². The maximum Gasteiger partial charge on any atom is 0.306 e. The second kappa shape index (κ2) is 42.4. The number of alkyl halides is 1. The number of likely N-dealkylation sites (N-methyl/N-ethyl adjacent to an activating group) is 1. The zero-order valence-corrected chi connectivity index (χ0v) is 37.6. The van der Waals surface area contributed by atoms with Crippen LogP contribution < -0.4 is 0 Å². The number of unbranched alkanes of at least 4 members (excludes halogenated alkanes) is 23. The first-order valence-electron chi connectivity index (χ1n) is 24.1. The van der Waals surface area contributed by atoms with Crippen LogP contribution >= 0.6 is 0 Å². The molecular formula is C48H95FN2O4. The van der Waals surface area contributed by atoms with Crippen LogP contribution in [0, 0.1) is 5.92 Å². The van der Waals surface area contributed by atoms with Gasteiger partial charge in [0.1, 0.15) is 6.10 Å². The highest BCUT2D eigenvalue weighted by Crippen LogP contribution is 2.19. The molecule has 7 heteroatoms. The first-order valence-corrected chi connectivity index (χ1v) is 24.1. The molecule has 0 N–H and O–H groups in total. The van der Waals surface area contributed by atoms with Crippen LogP contribution in [-0.2, 0) is 19.1 Å². The van der Waals surface area contributed by atoms with Crippen LogP contribution in [0.2, 0.25) is 0 Å². The Hall–Kier alpha value is -1.21. The molecule has 0 aliphatic heterocycles. The largest absolute Gasteiger partial charge is 0.466 e. The maximum absolute atomic E-state index is 12.8. The topological polar surface area (TPSA) is 59.1 Å². The van der Waals surface area contributed by atoms with E-state index >= 15 is 0 Å². The van der Waals surface area contributed by atoms with Gasteiger partial charge in [-0.25, -0.2) is 0 Å². The van der Waals surface area contributed by atoms with Crippen LogP contribution in [0.3, 0.4) is 0 Å². The van der Waals surface area contributed by atoms with Crippen molar-refractivity contribution in [2.45, 2.75) is 239 Å². The van der Waals surface area contributed by atoms with Crippen LogP contribution in [0.4, 0.5) is 4.39 Å². The minimum atomic E-state index is -0.199. The highest BCUT2D eigenvalue weighted by molar-refractivity contribution is 5.69. The van der Waals surface area contributed by atoms with Gasteiger partial charge >= 0.3 is 11.9 Å². The number of nitrogens with zero attached hydrogens (tertiary/aromatic N) is 2. The lowest BCUT2D eigenvalue weighted by Gasteiger charge is -2.24. The van der Waals surface area contributed by atoms with Gasteiger partial charge in [0.15, 0.2) is 0 Å². The van der Waals surface area contributed by atoms with Gasteiger partial charge in [-0.2, -0.15) is 0 Å². The predicted octanol–water partition coefficient (Wildman–Crippen LogP) is 13.8. The SMILES string of the molecule is CCCCCCCCC(CCCCCCCCF)OC(=O)CCCCCCCN(CCCCCCCC(=O)OCCCCCCCCC(C)C)CCN(C)C. The van der Waals surface area contributed by atoms with Crippen molar-refractivity contribution in [2.24, 2.45) is 5.92 Å². The van der Waals surface area contributed by atoms with E-state index in [-0.39, 0.29) is 24.7 Å². The highest BCUT2D eigenvalue weighted by atomic mass is 19.1. The fourth-order valence-electron chi connectivity index (χ4n) is 7.40. The van der Waals surface area contributed by atoms with E-state index < -0.39 is 0 Å². The third-order valence-corrected chi connectivity index (χ3v) is 11.1. The summed E-state index contributed by atoms with van der Waals surface area (Å²) >= 11 is 0. The first kappa shape index (κ1) is 53.8. The summed E-state index contributed by atoms with van der Waals surface area (Å²) in [6, 6.07) is 0. The van der Waals surface area contributed by atoms with Gasteiger partial charge in [0.25, 0.3) is 0 Å². The molecule has 0 spiro atoms. The Kier molecular flexibility index (Phi) is 41.5. The summed E-state index contributed by atoms with van der Waals surface area (Å²) in [5.74, 6) is 0.798. The van der Waals surface area contributed by atoms with Crippen LogP contribution in [0.1, 0.15) is 233 Å². The number of ether oxygens (including phenoxy) is 2. The van der Waals surface area contributed by atoms with Gasteiger partial charge < -0.3 is 19.3 Å². The average molecular weight is 783 g/mol. The average Bonchev–Trinajstić information content (AvgIpc) is 3.15. The Bertz CT molecular complexity index is 811. The number of esters is 2. The Morgan fingerprint density at radius 2 is 0.927 bits per heavy atom. The van der Waals surface area contributed by atoms with Crippen LogP contribution in [0.5, 0.6) is 0 Å². The Balaban J connectivity index is 4.10. The Morgan fingerprint density at radius 3 is 1.44 bits per heavy atom. The quantitative estimate of drug-likeness (QED) is 0.0453. The van der Waals surface area contributed by atoms with Gasteiger partial charge in [-0.3, -0.25) is 14.0 Å². The molecular weight excluding hydrogens is 688 g/mol. The van der Waals surface area contributed by atoms with Crippen molar-refractivity contribution in [3.8, 4) is 0 Å². The molecule has 0 heterocycles. The van der Waals surface area contributed by atoms with Gasteiger partial charge in [0, 0.05) is 25.9 Å². The molecule has 0 fully saturated rings. The molecule has 0 bridgehead atoms. The van der Waals surface area contributed by atoms with Crippen molar-refractivity contribution in [2.75, 3.05) is 53.6 Å². The van der Waals surface area contributed by atoms with Crippen LogP contribution in [-0.4, -0.2) is 81.4 Å². The molecule has 0 aliphatic carbocycles. The third kappa shape index (κ3) is 42.2. The molecule has 328 valence electrons. The summed E-state index contributed by atoms with van der Waals surface area (Å²) in [6.07, 6.45) is 37.0. The smallest absolute Gasteiger partial charge is 0.306 e. The van der Waals surface area contributed by atoms with E-state index in [4.69, 9.17) is 9.47 Å². The summed E-state index contributed by atoms with van der Waals surface area (Å²) in [5, 5.41) is 0. The summed E-state index contributed by atoms with van der Waals surface area (Å²) in [4.78, 5) is 29.8. The number of hydrogen-bond acceptors (Lipinski definition) is 6. The first-order chi connectivity index (χ1) is 26.8. The number of halogens is 1. The molecule has 0 amide bonds. The van der Waals surface area contributed by atoms with E-state index in [9.17, 15) is 14.0 Å². The Morgan fingerprint density at radius 1 is 0.491 bits per heavy atom. The molecule has 55 heavy (non-hydrogen) atoms. The lowest BCUT2D eigenvalue weighted by atomic mass is 10.0. The number of rotatable bonds is 44. The number of hydrogen-bond donors (Lipinski definition) is 0. The van der Waals surface area contributed by atoms with Crippen molar-refractivity contribution in [3.63, 3.8) is 0 Å². The van der Waals surface area contributed by atoms with E-state index in [2.05, 4.69) is 44.7 Å². The molecule has 0 saturated carbocycles. The monoisotopic (exact) mass is 783 g/mol. The second-order valence-corrected chi connectivity index (χ2v) is 17.5. The standard InChI is InChI=1S/C48H95FN2O4/c1-6-7-8-9-17-26-35-46(36-27-18-10-12-21-30-39-49)55-48(53)38-29-20-15-23-32-41-51(43-42-50(4)5)40-31-22-14-19-28-37-47(52)54-44-33-24-13-11-16-25-34-45(2)3/h45-46H,6-44H2,1-5H3. The zero-order valence-electron chi connectivity index (χ0n) is 37.6. The zero-order chi connectivity index (χ0) is 40.5. The minimum absolute atomic E-state index is 0.00223. The summed E-state index contributed by atoms with van der Waals surface area (Å²) in [6.45, 7) is 11.7. The summed E-state index contributed by atoms with van der Waals surface area (Å²) < 4.78 is 23.8. The van der Waals surface area contributed by atoms with Crippen LogP contribution in [0.25, 0.3) is 0 Å². The summed E-state index contributed by atoms with van der Waals surface area (Å²) in [5.41, 5.74) is 0. The lowest BCUT2D eigenvalue weighted by molar-refractivity contribution is -0.150. The molecule has 0 aromatic carbocycles. The van der Waals surface area contributed by atoms with Crippen molar-refractivity contribution < 1.29 is 23.5 Å². The molecule has 0 saturated heterocycles. The molecule has 1 unspecified atom stereocenters. The lowest BCUT2D eigenvalue weighted by Crippen LogP contribution is -2.33. The molecule has 0 radical (unpaired) electrons. The van der Waals surface area contributed by atoms with Gasteiger partial charge in [-0.05, 0) is 97.3 Å². The predicted molar refractivity (Wildman–Crippen MR) is 235 cm³/mol. The van der Waals surface area contributed by atoms with E-state index in [1.54, 1.807) is 0 Å². The molecule has 0 aliphatic rings. The summed E-state index contributed by atoms with van der Waals surface area (Å²) in [7, 11) is 4.31. The molecule has 6 nitrogen and oxygen atoms in total. The highest BCUT2D eigenvalue weighted by Gasteiger charge is 2.14. The van der Waals surface area contributed by atoms with Gasteiger partial charge in [-0.15, -0.1) is 0 Å². The molecule has 1 atom stereocenters. The van der Waals surface area contributed by atoms with Gasteiger partial charge in [-0.1, -0.05) is 156 Å². The normalized spacial score (nSPS) is 12.3. The van der Waals surface area contributed by atoms with Crippen molar-refractivity contribution >= 4 is 11.9 Å². The van der Waals surface area contributed by atoms with E-state index in [1.807, 2.05) is 0 Å².